The highest BCUT2D eigenvalue weighted by atomic mass is 32.2. The molecule has 0 saturated carbocycles. The Kier molecular flexibility index (Phi) is 5.38. The molecule has 1 N–H and O–H groups in total. The van der Waals surface area contributed by atoms with Crippen LogP contribution in [0, 0.1) is 0 Å². The first-order valence-corrected chi connectivity index (χ1v) is 6.63. The monoisotopic (exact) mass is 240 g/mol. The Morgan fingerprint density at radius 2 is 2.25 bits per heavy atom. The summed E-state index contributed by atoms with van der Waals surface area (Å²) < 4.78 is 0. The van der Waals surface area contributed by atoms with E-state index in [1.165, 1.54) is 0 Å². The van der Waals surface area contributed by atoms with Gasteiger partial charge in [-0.3, -0.25) is 0 Å². The minimum absolute atomic E-state index is 0.426. The Bertz CT molecular complexity index is 317. The lowest BCUT2D eigenvalue weighted by molar-refractivity contribution is 0.892. The molecule has 0 aliphatic rings. The average molecular weight is 240 g/mol. The number of rotatable bonds is 6. The lowest BCUT2D eigenvalue weighted by Crippen LogP contribution is -2.20. The predicted molar refractivity (Wildman–Crippen MR) is 72.4 cm³/mol. The number of anilines is 2. The van der Waals surface area contributed by atoms with Crippen molar-refractivity contribution in [1.82, 2.24) is 9.97 Å². The van der Waals surface area contributed by atoms with E-state index in [9.17, 15) is 0 Å². The molecule has 16 heavy (non-hydrogen) atoms. The minimum atomic E-state index is 0.426. The third-order valence-electron chi connectivity index (χ3n) is 2.01. The Morgan fingerprint density at radius 1 is 1.50 bits per heavy atom. The van der Waals surface area contributed by atoms with Crippen LogP contribution in [0.15, 0.2) is 12.3 Å². The summed E-state index contributed by atoms with van der Waals surface area (Å²) in [5.74, 6) is 3.87. The van der Waals surface area contributed by atoms with E-state index in [4.69, 9.17) is 0 Å². The molecule has 0 bridgehead atoms. The molecule has 90 valence electrons. The van der Waals surface area contributed by atoms with Gasteiger partial charge in [0, 0.05) is 32.1 Å². The van der Waals surface area contributed by atoms with E-state index in [-0.39, 0.29) is 0 Å². The molecular weight excluding hydrogens is 220 g/mol. The second-order valence-electron chi connectivity index (χ2n) is 3.84. The average Bonchev–Trinajstić information content (AvgIpc) is 2.26. The minimum Gasteiger partial charge on any atom is -0.367 e. The van der Waals surface area contributed by atoms with Crippen molar-refractivity contribution in [2.45, 2.75) is 19.9 Å². The van der Waals surface area contributed by atoms with Gasteiger partial charge < -0.3 is 10.2 Å². The summed E-state index contributed by atoms with van der Waals surface area (Å²) in [7, 11) is 3.88. The van der Waals surface area contributed by atoms with E-state index in [0.717, 1.165) is 23.3 Å². The number of nitrogens with one attached hydrogen (secondary N) is 1. The summed E-state index contributed by atoms with van der Waals surface area (Å²) in [5, 5.41) is 3.37. The first kappa shape index (κ1) is 13.1. The van der Waals surface area contributed by atoms with Crippen LogP contribution in [0.2, 0.25) is 0 Å². The topological polar surface area (TPSA) is 41.1 Å². The molecule has 0 saturated heterocycles. The van der Waals surface area contributed by atoms with Gasteiger partial charge in [-0.05, 0) is 18.7 Å². The van der Waals surface area contributed by atoms with Crippen molar-refractivity contribution in [2.75, 3.05) is 35.8 Å². The van der Waals surface area contributed by atoms with Crippen LogP contribution in [-0.4, -0.2) is 41.6 Å². The van der Waals surface area contributed by atoms with Crippen LogP contribution in [-0.2, 0) is 0 Å². The number of nitrogens with zero attached hydrogens (tertiary/aromatic N) is 3. The fourth-order valence-electron chi connectivity index (χ4n) is 1.23. The first-order chi connectivity index (χ1) is 7.63. The second-order valence-corrected chi connectivity index (χ2v) is 5.16. The first-order valence-electron chi connectivity index (χ1n) is 5.48. The molecule has 4 nitrogen and oxygen atoms in total. The van der Waals surface area contributed by atoms with Crippen LogP contribution >= 0.6 is 11.8 Å². The maximum Gasteiger partial charge on any atom is 0.226 e. The second kappa shape index (κ2) is 6.58. The van der Waals surface area contributed by atoms with Gasteiger partial charge in [0.2, 0.25) is 5.95 Å². The Hall–Kier alpha value is -0.970. The van der Waals surface area contributed by atoms with Crippen molar-refractivity contribution in [3.8, 4) is 0 Å². The van der Waals surface area contributed by atoms with E-state index < -0.39 is 0 Å². The normalized spacial score (nSPS) is 12.2. The molecule has 0 fully saturated rings. The Morgan fingerprint density at radius 3 is 2.88 bits per heavy atom. The number of hydrogen-bond acceptors (Lipinski definition) is 5. The van der Waals surface area contributed by atoms with Crippen LogP contribution in [0.3, 0.4) is 0 Å². The molecule has 0 radical (unpaired) electrons. The molecule has 1 atom stereocenters. The van der Waals surface area contributed by atoms with Gasteiger partial charge in [-0.25, -0.2) is 4.98 Å². The van der Waals surface area contributed by atoms with Gasteiger partial charge in [-0.2, -0.15) is 16.7 Å². The van der Waals surface area contributed by atoms with Gasteiger partial charge in [0.15, 0.2) is 0 Å². The predicted octanol–water partition coefficient (Wildman–Crippen LogP) is 2.10. The van der Waals surface area contributed by atoms with Crippen molar-refractivity contribution in [3.05, 3.63) is 12.3 Å². The van der Waals surface area contributed by atoms with E-state index in [1.807, 2.05) is 36.8 Å². The molecule has 0 amide bonds. The highest BCUT2D eigenvalue weighted by Gasteiger charge is 2.04. The largest absolute Gasteiger partial charge is 0.367 e. The summed E-state index contributed by atoms with van der Waals surface area (Å²) in [6.07, 6.45) is 1.78. The summed E-state index contributed by atoms with van der Waals surface area (Å²) >= 11 is 1.93. The molecule has 1 heterocycles. The smallest absolute Gasteiger partial charge is 0.226 e. The molecule has 1 aromatic rings. The molecule has 0 spiro atoms. The van der Waals surface area contributed by atoms with Gasteiger partial charge in [-0.15, -0.1) is 0 Å². The maximum absolute atomic E-state index is 4.41. The van der Waals surface area contributed by atoms with Crippen LogP contribution in [0.1, 0.15) is 13.8 Å². The van der Waals surface area contributed by atoms with Gasteiger partial charge in [-0.1, -0.05) is 6.92 Å². The summed E-state index contributed by atoms with van der Waals surface area (Å²) in [6, 6.07) is 2.33. The van der Waals surface area contributed by atoms with Crippen molar-refractivity contribution >= 4 is 23.5 Å². The molecule has 0 aromatic carbocycles. The fourth-order valence-corrected chi connectivity index (χ4v) is 1.91. The quantitative estimate of drug-likeness (QED) is 0.824. The van der Waals surface area contributed by atoms with Crippen LogP contribution in [0.25, 0.3) is 0 Å². The standard InChI is InChI=1S/C11H20N4S/c1-5-16-8-9(2)13-10-6-7-12-11(14-10)15(3)4/h6-7,9H,5,8H2,1-4H3,(H,12,13,14). The Labute approximate surface area is 102 Å². The number of aromatic nitrogens is 2. The highest BCUT2D eigenvalue weighted by molar-refractivity contribution is 7.99. The van der Waals surface area contributed by atoms with Crippen molar-refractivity contribution < 1.29 is 0 Å². The zero-order valence-corrected chi connectivity index (χ0v) is 11.2. The van der Waals surface area contributed by atoms with E-state index in [0.29, 0.717) is 6.04 Å². The molecule has 1 aromatic heterocycles. The lowest BCUT2D eigenvalue weighted by atomic mass is 10.4. The van der Waals surface area contributed by atoms with E-state index in [2.05, 4.69) is 29.1 Å². The summed E-state index contributed by atoms with van der Waals surface area (Å²) in [6.45, 7) is 4.34. The van der Waals surface area contributed by atoms with Crippen molar-refractivity contribution in [3.63, 3.8) is 0 Å². The van der Waals surface area contributed by atoms with Crippen LogP contribution in [0.5, 0.6) is 0 Å². The molecule has 1 unspecified atom stereocenters. The third-order valence-corrected chi connectivity index (χ3v) is 3.15. The van der Waals surface area contributed by atoms with Gasteiger partial charge >= 0.3 is 0 Å². The van der Waals surface area contributed by atoms with Gasteiger partial charge in [0.25, 0.3) is 0 Å². The third kappa shape index (κ3) is 4.26. The summed E-state index contributed by atoms with van der Waals surface area (Å²) in [4.78, 5) is 10.5. The molecular formula is C11H20N4S. The lowest BCUT2D eigenvalue weighted by Gasteiger charge is -2.15. The zero-order chi connectivity index (χ0) is 12.0. The Balaban J connectivity index is 2.56. The maximum atomic E-state index is 4.41. The van der Waals surface area contributed by atoms with Crippen molar-refractivity contribution in [1.29, 1.82) is 0 Å². The number of thioether (sulfide) groups is 1. The number of hydrogen-bond donors (Lipinski definition) is 1. The van der Waals surface area contributed by atoms with Gasteiger partial charge in [0.1, 0.15) is 5.82 Å². The SMILES string of the molecule is CCSCC(C)Nc1ccnc(N(C)C)n1. The molecule has 1 rings (SSSR count). The zero-order valence-electron chi connectivity index (χ0n) is 10.4. The fraction of sp³-hybridized carbons (Fsp3) is 0.636. The van der Waals surface area contributed by atoms with Gasteiger partial charge in [0.05, 0.1) is 0 Å². The van der Waals surface area contributed by atoms with Crippen molar-refractivity contribution in [2.24, 2.45) is 0 Å². The molecule has 0 aliphatic carbocycles. The molecule has 0 aliphatic heterocycles. The van der Waals surface area contributed by atoms with Crippen LogP contribution < -0.4 is 10.2 Å². The van der Waals surface area contributed by atoms with E-state index >= 15 is 0 Å². The van der Waals surface area contributed by atoms with Crippen LogP contribution in [0.4, 0.5) is 11.8 Å². The molecule has 5 heteroatoms. The summed E-state index contributed by atoms with van der Waals surface area (Å²) in [5.41, 5.74) is 0. The van der Waals surface area contributed by atoms with E-state index in [1.54, 1.807) is 6.20 Å². The highest BCUT2D eigenvalue weighted by Crippen LogP contribution is 2.11.